The summed E-state index contributed by atoms with van der Waals surface area (Å²) in [5.41, 5.74) is 2.04. The van der Waals surface area contributed by atoms with E-state index in [1.54, 1.807) is 0 Å². The minimum Gasteiger partial charge on any atom is -0.381 e. The van der Waals surface area contributed by atoms with E-state index in [2.05, 4.69) is 39.9 Å². The monoisotopic (exact) mass is 418 g/mol. The maximum absolute atomic E-state index is 12.2. The van der Waals surface area contributed by atoms with Gasteiger partial charge in [0.2, 0.25) is 5.91 Å². The van der Waals surface area contributed by atoms with Crippen LogP contribution in [0.3, 0.4) is 0 Å². The maximum Gasteiger partial charge on any atom is 0.240 e. The molecule has 1 aromatic rings. The molecule has 0 radical (unpaired) electrons. The van der Waals surface area contributed by atoms with Gasteiger partial charge in [0.15, 0.2) is 5.96 Å². The van der Waals surface area contributed by atoms with E-state index in [0.717, 1.165) is 43.7 Å². The second-order valence-electron chi connectivity index (χ2n) is 8.76. The third-order valence-corrected chi connectivity index (χ3v) is 4.68. The van der Waals surface area contributed by atoms with Crippen LogP contribution in [-0.2, 0) is 27.4 Å². The Balaban J connectivity index is 1.87. The SMILES string of the molecule is CCNC(=NCc1ccc(COC2CCOCC2)cc1)N(C)CC(=O)NC(C)(C)C. The first-order chi connectivity index (χ1) is 14.3. The third-order valence-electron chi connectivity index (χ3n) is 4.68. The number of guanidine groups is 1. The summed E-state index contributed by atoms with van der Waals surface area (Å²) in [5.74, 6) is 0.693. The van der Waals surface area contributed by atoms with E-state index in [-0.39, 0.29) is 18.0 Å². The van der Waals surface area contributed by atoms with Gasteiger partial charge in [0, 0.05) is 32.3 Å². The van der Waals surface area contributed by atoms with Crippen molar-refractivity contribution in [1.82, 2.24) is 15.5 Å². The number of amides is 1. The number of carbonyl (C=O) groups is 1. The first-order valence-corrected chi connectivity index (χ1v) is 10.8. The van der Waals surface area contributed by atoms with Crippen molar-refractivity contribution in [1.29, 1.82) is 0 Å². The first-order valence-electron chi connectivity index (χ1n) is 10.8. The number of carbonyl (C=O) groups excluding carboxylic acids is 1. The average molecular weight is 419 g/mol. The van der Waals surface area contributed by atoms with E-state index in [0.29, 0.717) is 25.2 Å². The fourth-order valence-electron chi connectivity index (χ4n) is 3.18. The van der Waals surface area contributed by atoms with Gasteiger partial charge in [-0.25, -0.2) is 4.99 Å². The van der Waals surface area contributed by atoms with Crippen LogP contribution in [0.5, 0.6) is 0 Å². The average Bonchev–Trinajstić information content (AvgIpc) is 2.69. The number of benzene rings is 1. The van der Waals surface area contributed by atoms with Gasteiger partial charge in [0.25, 0.3) is 0 Å². The molecule has 1 heterocycles. The lowest BCUT2D eigenvalue weighted by molar-refractivity contribution is -0.122. The molecule has 0 bridgehead atoms. The maximum atomic E-state index is 12.2. The minimum atomic E-state index is -0.246. The molecule has 0 aliphatic carbocycles. The Bertz CT molecular complexity index is 677. The molecule has 0 saturated carbocycles. The van der Waals surface area contributed by atoms with Gasteiger partial charge in [-0.2, -0.15) is 0 Å². The highest BCUT2D eigenvalue weighted by Crippen LogP contribution is 2.14. The largest absolute Gasteiger partial charge is 0.381 e. The fourth-order valence-corrected chi connectivity index (χ4v) is 3.18. The molecule has 7 nitrogen and oxygen atoms in total. The van der Waals surface area contributed by atoms with E-state index < -0.39 is 0 Å². The molecule has 2 rings (SSSR count). The molecule has 1 aliphatic rings. The Labute approximate surface area is 181 Å². The zero-order valence-corrected chi connectivity index (χ0v) is 19.2. The van der Waals surface area contributed by atoms with E-state index in [1.807, 2.05) is 39.6 Å². The fraction of sp³-hybridized carbons (Fsp3) is 0.652. The van der Waals surface area contributed by atoms with E-state index >= 15 is 0 Å². The molecule has 0 atom stereocenters. The molecule has 168 valence electrons. The van der Waals surface area contributed by atoms with Crippen molar-refractivity contribution in [3.63, 3.8) is 0 Å². The number of likely N-dealkylation sites (N-methyl/N-ethyl adjacent to an activating group) is 1. The van der Waals surface area contributed by atoms with Gasteiger partial charge in [0.05, 0.1) is 25.8 Å². The molecule has 0 spiro atoms. The van der Waals surface area contributed by atoms with Gasteiger partial charge >= 0.3 is 0 Å². The lowest BCUT2D eigenvalue weighted by Gasteiger charge is -2.25. The molecular formula is C23H38N4O3. The van der Waals surface area contributed by atoms with Crippen LogP contribution in [0.2, 0.25) is 0 Å². The Morgan fingerprint density at radius 1 is 1.20 bits per heavy atom. The molecule has 0 unspecified atom stereocenters. The molecule has 1 aromatic carbocycles. The standard InChI is InChI=1S/C23H38N4O3/c1-6-24-22(27(5)16-21(28)26-23(2,3)4)25-15-18-7-9-19(10-8-18)17-30-20-11-13-29-14-12-20/h7-10,20H,6,11-17H2,1-5H3,(H,24,25)(H,26,28). The Morgan fingerprint density at radius 2 is 1.83 bits per heavy atom. The summed E-state index contributed by atoms with van der Waals surface area (Å²) in [5, 5.41) is 6.23. The third kappa shape index (κ3) is 9.13. The van der Waals surface area contributed by atoms with E-state index in [9.17, 15) is 4.79 Å². The first kappa shape index (κ1) is 24.2. The summed E-state index contributed by atoms with van der Waals surface area (Å²) in [4.78, 5) is 18.7. The summed E-state index contributed by atoms with van der Waals surface area (Å²) in [6.07, 6.45) is 2.25. The van der Waals surface area contributed by atoms with Crippen molar-refractivity contribution >= 4 is 11.9 Å². The van der Waals surface area contributed by atoms with Crippen LogP contribution in [0.25, 0.3) is 0 Å². The smallest absolute Gasteiger partial charge is 0.240 e. The predicted molar refractivity (Wildman–Crippen MR) is 120 cm³/mol. The molecule has 1 amide bonds. The topological polar surface area (TPSA) is 75.2 Å². The zero-order chi connectivity index (χ0) is 22.0. The Hall–Kier alpha value is -2.12. The predicted octanol–water partition coefficient (Wildman–Crippen LogP) is 2.69. The highest BCUT2D eigenvalue weighted by molar-refractivity contribution is 5.86. The second-order valence-corrected chi connectivity index (χ2v) is 8.76. The highest BCUT2D eigenvalue weighted by atomic mass is 16.5. The number of hydrogen-bond donors (Lipinski definition) is 2. The van der Waals surface area contributed by atoms with Crippen LogP contribution in [0.4, 0.5) is 0 Å². The van der Waals surface area contributed by atoms with Crippen LogP contribution in [0.15, 0.2) is 29.3 Å². The van der Waals surface area contributed by atoms with Gasteiger partial charge < -0.3 is 25.0 Å². The van der Waals surface area contributed by atoms with Gasteiger partial charge in [-0.3, -0.25) is 4.79 Å². The molecule has 2 N–H and O–H groups in total. The van der Waals surface area contributed by atoms with Crippen LogP contribution in [-0.4, -0.2) is 61.8 Å². The van der Waals surface area contributed by atoms with Crippen molar-refractivity contribution in [3.05, 3.63) is 35.4 Å². The Kier molecular flexibility index (Phi) is 9.59. The molecule has 1 fully saturated rings. The quantitative estimate of drug-likeness (QED) is 0.502. The number of ether oxygens (including phenoxy) is 2. The summed E-state index contributed by atoms with van der Waals surface area (Å²) in [6, 6.07) is 8.36. The molecule has 30 heavy (non-hydrogen) atoms. The van der Waals surface area contributed by atoms with Crippen molar-refractivity contribution in [2.75, 3.05) is 33.4 Å². The van der Waals surface area contributed by atoms with E-state index in [1.165, 1.54) is 0 Å². The Morgan fingerprint density at radius 3 is 2.43 bits per heavy atom. The molecule has 1 aliphatic heterocycles. The number of aliphatic imine (C=N–C) groups is 1. The minimum absolute atomic E-state index is 0.0236. The number of nitrogens with zero attached hydrogens (tertiary/aromatic N) is 2. The van der Waals surface area contributed by atoms with Gasteiger partial charge in [-0.1, -0.05) is 24.3 Å². The molecule has 7 heteroatoms. The summed E-state index contributed by atoms with van der Waals surface area (Å²) < 4.78 is 11.3. The van der Waals surface area contributed by atoms with Crippen LogP contribution >= 0.6 is 0 Å². The lowest BCUT2D eigenvalue weighted by Crippen LogP contribution is -2.48. The van der Waals surface area contributed by atoms with Gasteiger partial charge in [-0.05, 0) is 51.7 Å². The number of hydrogen-bond acceptors (Lipinski definition) is 4. The molecule has 0 aromatic heterocycles. The van der Waals surface area contributed by atoms with Crippen LogP contribution in [0, 0.1) is 0 Å². The summed E-state index contributed by atoms with van der Waals surface area (Å²) in [7, 11) is 1.88. The summed E-state index contributed by atoms with van der Waals surface area (Å²) >= 11 is 0. The molecular weight excluding hydrogens is 380 g/mol. The van der Waals surface area contributed by atoms with E-state index in [4.69, 9.17) is 9.47 Å². The highest BCUT2D eigenvalue weighted by Gasteiger charge is 2.17. The van der Waals surface area contributed by atoms with Crippen molar-refractivity contribution in [2.24, 2.45) is 4.99 Å². The van der Waals surface area contributed by atoms with Gasteiger partial charge in [0.1, 0.15) is 0 Å². The lowest BCUT2D eigenvalue weighted by atomic mass is 10.1. The number of nitrogens with one attached hydrogen (secondary N) is 2. The van der Waals surface area contributed by atoms with Crippen molar-refractivity contribution < 1.29 is 14.3 Å². The van der Waals surface area contributed by atoms with Crippen LogP contribution < -0.4 is 10.6 Å². The summed E-state index contributed by atoms with van der Waals surface area (Å²) in [6.45, 7) is 11.7. The number of rotatable bonds is 8. The molecule has 1 saturated heterocycles. The zero-order valence-electron chi connectivity index (χ0n) is 19.2. The normalized spacial score (nSPS) is 15.7. The second kappa shape index (κ2) is 11.9. The van der Waals surface area contributed by atoms with Gasteiger partial charge in [-0.15, -0.1) is 0 Å². The van der Waals surface area contributed by atoms with Crippen molar-refractivity contribution in [2.45, 2.75) is 65.3 Å². The van der Waals surface area contributed by atoms with Crippen molar-refractivity contribution in [3.8, 4) is 0 Å². The van der Waals surface area contributed by atoms with Crippen LogP contribution in [0.1, 0.15) is 51.7 Å².